The van der Waals surface area contributed by atoms with Gasteiger partial charge in [0.1, 0.15) is 0 Å². The molecule has 60 valence electrons. The summed E-state index contributed by atoms with van der Waals surface area (Å²) in [6.07, 6.45) is 1.04. The first kappa shape index (κ1) is 7.59. The first-order valence-electron chi connectivity index (χ1n) is 2.94. The van der Waals surface area contributed by atoms with Crippen LogP contribution in [0.4, 0.5) is 4.39 Å². The maximum atomic E-state index is 12.5. The standard InChI is InChI=1S/C6H7FN2O2/c7-4-2-9-1-3(5(4)8)6(10)11/h2,9H,1,8H2,(H,10,11). The van der Waals surface area contributed by atoms with Gasteiger partial charge in [0.2, 0.25) is 0 Å². The zero-order valence-corrected chi connectivity index (χ0v) is 5.60. The van der Waals surface area contributed by atoms with Gasteiger partial charge in [0, 0.05) is 12.7 Å². The number of halogens is 1. The molecule has 0 unspecified atom stereocenters. The summed E-state index contributed by atoms with van der Waals surface area (Å²) in [6, 6.07) is 0. The molecule has 1 rings (SSSR count). The number of hydrogen-bond acceptors (Lipinski definition) is 3. The number of nitrogens with one attached hydrogen (secondary N) is 1. The van der Waals surface area contributed by atoms with Gasteiger partial charge in [-0.3, -0.25) is 0 Å². The highest BCUT2D eigenvalue weighted by molar-refractivity contribution is 5.89. The second kappa shape index (κ2) is 2.61. The number of hydrogen-bond donors (Lipinski definition) is 3. The van der Waals surface area contributed by atoms with E-state index in [-0.39, 0.29) is 17.8 Å². The third-order valence-corrected chi connectivity index (χ3v) is 1.35. The van der Waals surface area contributed by atoms with Gasteiger partial charge in [0.05, 0.1) is 11.3 Å². The number of carboxylic acid groups (broad SMARTS) is 1. The Balaban J connectivity index is 3.01. The Hall–Kier alpha value is -1.52. The van der Waals surface area contributed by atoms with E-state index >= 15 is 0 Å². The van der Waals surface area contributed by atoms with Gasteiger partial charge in [0.15, 0.2) is 5.83 Å². The fourth-order valence-electron chi connectivity index (χ4n) is 0.751. The molecule has 0 aromatic heterocycles. The lowest BCUT2D eigenvalue weighted by Crippen LogP contribution is -2.25. The van der Waals surface area contributed by atoms with Crippen molar-refractivity contribution in [1.82, 2.24) is 5.32 Å². The summed E-state index contributed by atoms with van der Waals surface area (Å²) in [5, 5.41) is 10.9. The number of carbonyl (C=O) groups is 1. The quantitative estimate of drug-likeness (QED) is 0.489. The molecule has 1 aliphatic heterocycles. The topological polar surface area (TPSA) is 75.4 Å². The SMILES string of the molecule is NC1=C(C(=O)O)CNC=C1F. The summed E-state index contributed by atoms with van der Waals surface area (Å²) in [4.78, 5) is 10.3. The van der Waals surface area contributed by atoms with Crippen molar-refractivity contribution >= 4 is 5.97 Å². The van der Waals surface area contributed by atoms with Crippen molar-refractivity contribution in [3.63, 3.8) is 0 Å². The van der Waals surface area contributed by atoms with Crippen LogP contribution >= 0.6 is 0 Å². The van der Waals surface area contributed by atoms with E-state index in [9.17, 15) is 9.18 Å². The van der Waals surface area contributed by atoms with Gasteiger partial charge in [-0.1, -0.05) is 0 Å². The molecule has 5 heteroatoms. The molecule has 0 amide bonds. The first-order valence-corrected chi connectivity index (χ1v) is 2.94. The molecule has 0 saturated heterocycles. The molecule has 1 aliphatic rings. The van der Waals surface area contributed by atoms with Crippen LogP contribution in [0.2, 0.25) is 0 Å². The second-order valence-corrected chi connectivity index (χ2v) is 2.07. The fourth-order valence-corrected chi connectivity index (χ4v) is 0.751. The van der Waals surface area contributed by atoms with E-state index in [0.717, 1.165) is 6.20 Å². The van der Waals surface area contributed by atoms with E-state index in [2.05, 4.69) is 5.32 Å². The van der Waals surface area contributed by atoms with Gasteiger partial charge in [-0.2, -0.15) is 0 Å². The number of aliphatic carboxylic acids is 1. The van der Waals surface area contributed by atoms with Crippen molar-refractivity contribution < 1.29 is 14.3 Å². The van der Waals surface area contributed by atoms with Crippen LogP contribution in [-0.4, -0.2) is 17.6 Å². The van der Waals surface area contributed by atoms with Crippen LogP contribution in [-0.2, 0) is 4.79 Å². The molecular weight excluding hydrogens is 151 g/mol. The highest BCUT2D eigenvalue weighted by Gasteiger charge is 2.17. The lowest BCUT2D eigenvalue weighted by molar-refractivity contribution is -0.132. The largest absolute Gasteiger partial charge is 0.478 e. The molecule has 0 bridgehead atoms. The molecule has 0 aliphatic carbocycles. The summed E-state index contributed by atoms with van der Waals surface area (Å²) in [5.41, 5.74) is 4.71. The molecule has 4 N–H and O–H groups in total. The van der Waals surface area contributed by atoms with Crippen molar-refractivity contribution in [3.8, 4) is 0 Å². The van der Waals surface area contributed by atoms with Crippen molar-refractivity contribution in [1.29, 1.82) is 0 Å². The van der Waals surface area contributed by atoms with E-state index in [4.69, 9.17) is 10.8 Å². The number of rotatable bonds is 1. The Labute approximate surface area is 62.2 Å². The van der Waals surface area contributed by atoms with E-state index in [1.807, 2.05) is 0 Å². The summed E-state index contributed by atoms with van der Waals surface area (Å²) < 4.78 is 12.5. The summed E-state index contributed by atoms with van der Waals surface area (Å²) in [5.74, 6) is -1.92. The lowest BCUT2D eigenvalue weighted by Gasteiger charge is -2.11. The van der Waals surface area contributed by atoms with Gasteiger partial charge in [0.25, 0.3) is 0 Å². The predicted octanol–water partition coefficient (Wildman–Crippen LogP) is -0.302. The summed E-state index contributed by atoms with van der Waals surface area (Å²) >= 11 is 0. The van der Waals surface area contributed by atoms with Crippen molar-refractivity contribution in [3.05, 3.63) is 23.3 Å². The van der Waals surface area contributed by atoms with Gasteiger partial charge < -0.3 is 16.2 Å². The van der Waals surface area contributed by atoms with Crippen LogP contribution in [0.3, 0.4) is 0 Å². The predicted molar refractivity (Wildman–Crippen MR) is 36.0 cm³/mol. The van der Waals surface area contributed by atoms with Gasteiger partial charge in [-0.15, -0.1) is 0 Å². The van der Waals surface area contributed by atoms with Crippen LogP contribution in [0.25, 0.3) is 0 Å². The van der Waals surface area contributed by atoms with E-state index in [0.29, 0.717) is 0 Å². The van der Waals surface area contributed by atoms with Crippen LogP contribution in [0.15, 0.2) is 23.3 Å². The van der Waals surface area contributed by atoms with Gasteiger partial charge in [-0.25, -0.2) is 9.18 Å². The van der Waals surface area contributed by atoms with E-state index in [1.165, 1.54) is 0 Å². The number of carboxylic acids is 1. The Kier molecular flexibility index (Phi) is 1.80. The Morgan fingerprint density at radius 2 is 2.45 bits per heavy atom. The summed E-state index contributed by atoms with van der Waals surface area (Å²) in [7, 11) is 0. The zero-order valence-electron chi connectivity index (χ0n) is 5.60. The maximum Gasteiger partial charge on any atom is 0.335 e. The Morgan fingerprint density at radius 1 is 1.82 bits per heavy atom. The third-order valence-electron chi connectivity index (χ3n) is 1.35. The van der Waals surface area contributed by atoms with Crippen LogP contribution < -0.4 is 11.1 Å². The highest BCUT2D eigenvalue weighted by Crippen LogP contribution is 2.13. The molecule has 11 heavy (non-hydrogen) atoms. The minimum Gasteiger partial charge on any atom is -0.478 e. The molecule has 0 fully saturated rings. The van der Waals surface area contributed by atoms with Crippen LogP contribution in [0, 0.1) is 0 Å². The Morgan fingerprint density at radius 3 is 2.91 bits per heavy atom. The van der Waals surface area contributed by atoms with Crippen molar-refractivity contribution in [2.24, 2.45) is 5.73 Å². The number of dihydropyridines is 1. The van der Waals surface area contributed by atoms with Gasteiger partial charge in [-0.05, 0) is 0 Å². The minimum atomic E-state index is -1.20. The molecule has 0 saturated carbocycles. The number of allylic oxidation sites excluding steroid dienone is 1. The summed E-state index contributed by atoms with van der Waals surface area (Å²) in [6.45, 7) is 0.0641. The molecule has 0 radical (unpaired) electrons. The monoisotopic (exact) mass is 158 g/mol. The zero-order chi connectivity index (χ0) is 8.43. The van der Waals surface area contributed by atoms with E-state index < -0.39 is 11.8 Å². The van der Waals surface area contributed by atoms with Crippen LogP contribution in [0.5, 0.6) is 0 Å². The molecule has 1 heterocycles. The smallest absolute Gasteiger partial charge is 0.335 e. The molecule has 4 nitrogen and oxygen atoms in total. The Bertz CT molecular complexity index is 257. The molecule has 0 atom stereocenters. The van der Waals surface area contributed by atoms with Crippen molar-refractivity contribution in [2.75, 3.05) is 6.54 Å². The van der Waals surface area contributed by atoms with Gasteiger partial charge >= 0.3 is 5.97 Å². The minimum absolute atomic E-state index is 0.0641. The second-order valence-electron chi connectivity index (χ2n) is 2.07. The van der Waals surface area contributed by atoms with Crippen LogP contribution in [0.1, 0.15) is 0 Å². The molecule has 0 aromatic carbocycles. The average molecular weight is 158 g/mol. The average Bonchev–Trinajstić information content (AvgIpc) is 1.94. The van der Waals surface area contributed by atoms with E-state index in [1.54, 1.807) is 0 Å². The fraction of sp³-hybridized carbons (Fsp3) is 0.167. The molecule has 0 spiro atoms. The first-order chi connectivity index (χ1) is 5.13. The maximum absolute atomic E-state index is 12.5. The van der Waals surface area contributed by atoms with Crippen molar-refractivity contribution in [2.45, 2.75) is 0 Å². The third kappa shape index (κ3) is 1.31. The molecular formula is C6H7FN2O2. The highest BCUT2D eigenvalue weighted by atomic mass is 19.1. The normalized spacial score (nSPS) is 17.4. The number of nitrogens with two attached hydrogens (primary N) is 1. The molecule has 0 aromatic rings. The lowest BCUT2D eigenvalue weighted by atomic mass is 10.1.